The lowest BCUT2D eigenvalue weighted by Crippen LogP contribution is -2.52. The number of rotatable bonds is 2. The Bertz CT molecular complexity index is 731. The van der Waals surface area contributed by atoms with Crippen LogP contribution in [0.4, 0.5) is 24.7 Å². The van der Waals surface area contributed by atoms with E-state index >= 15 is 0 Å². The van der Waals surface area contributed by atoms with E-state index in [4.69, 9.17) is 10.5 Å². The third-order valence-corrected chi connectivity index (χ3v) is 3.58. The summed E-state index contributed by atoms with van der Waals surface area (Å²) < 4.78 is 47.9. The van der Waals surface area contributed by atoms with E-state index in [0.29, 0.717) is 0 Å². The Morgan fingerprint density at radius 2 is 1.81 bits per heavy atom. The minimum absolute atomic E-state index is 0.125. The van der Waals surface area contributed by atoms with Crippen molar-refractivity contribution < 1.29 is 17.9 Å². The number of hydrogen-bond donors (Lipinski definition) is 1. The molecular weight excluding hydrogens is 285 g/mol. The van der Waals surface area contributed by atoms with E-state index in [1.807, 2.05) is 0 Å². The van der Waals surface area contributed by atoms with Crippen molar-refractivity contribution in [2.24, 2.45) is 0 Å². The molecular formula is C13H13F3N4O. The summed E-state index contributed by atoms with van der Waals surface area (Å²) in [4.78, 5) is 8.96. The highest BCUT2D eigenvalue weighted by molar-refractivity contribution is 5.92. The van der Waals surface area contributed by atoms with Crippen molar-refractivity contribution in [1.82, 2.24) is 9.97 Å². The zero-order valence-corrected chi connectivity index (χ0v) is 11.5. The summed E-state index contributed by atoms with van der Waals surface area (Å²) in [6.45, 7) is 2.07. The number of halogens is 3. The topological polar surface area (TPSA) is 64.3 Å². The highest BCUT2D eigenvalue weighted by Gasteiger charge is 2.34. The van der Waals surface area contributed by atoms with Gasteiger partial charge in [0, 0.05) is 20.2 Å². The lowest BCUT2D eigenvalue weighted by atomic mass is 10.1. The van der Waals surface area contributed by atoms with Gasteiger partial charge < -0.3 is 15.4 Å². The van der Waals surface area contributed by atoms with E-state index in [1.54, 1.807) is 0 Å². The fourth-order valence-corrected chi connectivity index (χ4v) is 2.44. The fraction of sp³-hybridized carbons (Fsp3) is 0.385. The monoisotopic (exact) mass is 298 g/mol. The number of hydrogen-bond acceptors (Lipinski definition) is 5. The van der Waals surface area contributed by atoms with Gasteiger partial charge in [0.25, 0.3) is 0 Å². The lowest BCUT2D eigenvalue weighted by Gasteiger charge is -2.40. The molecule has 0 bridgehead atoms. The van der Waals surface area contributed by atoms with Crippen LogP contribution in [-0.2, 0) is 4.74 Å². The van der Waals surface area contributed by atoms with Gasteiger partial charge in [-0.05, 0) is 6.92 Å². The highest BCUT2D eigenvalue weighted by atomic mass is 19.2. The van der Waals surface area contributed by atoms with Crippen molar-refractivity contribution in [3.63, 3.8) is 0 Å². The van der Waals surface area contributed by atoms with E-state index in [9.17, 15) is 13.2 Å². The second kappa shape index (κ2) is 4.73. The van der Waals surface area contributed by atoms with Crippen LogP contribution in [0.15, 0.2) is 0 Å². The van der Waals surface area contributed by atoms with Crippen LogP contribution in [-0.4, -0.2) is 36.3 Å². The largest absolute Gasteiger partial charge is 0.383 e. The zero-order chi connectivity index (χ0) is 15.3. The second-order valence-electron chi connectivity index (χ2n) is 4.93. The average molecular weight is 298 g/mol. The molecule has 1 saturated heterocycles. The maximum atomic E-state index is 14.5. The SMILES string of the molecule is COC1CN(c2c(F)c(F)c3c(N)nc(C)nc3c2F)C1. The Morgan fingerprint density at radius 3 is 2.43 bits per heavy atom. The molecule has 21 heavy (non-hydrogen) atoms. The van der Waals surface area contributed by atoms with Crippen molar-refractivity contribution in [1.29, 1.82) is 0 Å². The Morgan fingerprint density at radius 1 is 1.14 bits per heavy atom. The average Bonchev–Trinajstić information content (AvgIpc) is 2.38. The summed E-state index contributed by atoms with van der Waals surface area (Å²) in [5, 5.41) is -0.428. The quantitative estimate of drug-likeness (QED) is 0.856. The minimum atomic E-state index is -1.28. The number of benzene rings is 1. The smallest absolute Gasteiger partial charge is 0.186 e. The van der Waals surface area contributed by atoms with Crippen molar-refractivity contribution in [2.75, 3.05) is 30.8 Å². The van der Waals surface area contributed by atoms with Gasteiger partial charge in [0.05, 0.1) is 11.5 Å². The van der Waals surface area contributed by atoms with Crippen molar-refractivity contribution in [2.45, 2.75) is 13.0 Å². The number of ether oxygens (including phenoxy) is 1. The molecule has 1 aromatic carbocycles. The Kier molecular flexibility index (Phi) is 3.12. The van der Waals surface area contributed by atoms with Crippen LogP contribution < -0.4 is 10.6 Å². The predicted molar refractivity (Wildman–Crippen MR) is 71.6 cm³/mol. The summed E-state index contributed by atoms with van der Waals surface area (Å²) in [5.41, 5.74) is 4.80. The molecule has 1 aromatic heterocycles. The Balaban J connectivity index is 2.23. The van der Waals surface area contributed by atoms with Gasteiger partial charge in [-0.2, -0.15) is 0 Å². The zero-order valence-electron chi connectivity index (χ0n) is 11.5. The maximum absolute atomic E-state index is 14.5. The van der Waals surface area contributed by atoms with Gasteiger partial charge >= 0.3 is 0 Å². The molecule has 112 valence electrons. The van der Waals surface area contributed by atoms with Crippen molar-refractivity contribution in [3.8, 4) is 0 Å². The summed E-state index contributed by atoms with van der Waals surface area (Å²) in [7, 11) is 1.51. The first kappa shape index (κ1) is 13.9. The summed E-state index contributed by atoms with van der Waals surface area (Å²) in [6.07, 6.45) is -0.125. The molecule has 0 amide bonds. The van der Waals surface area contributed by atoms with Gasteiger partial charge in [0.1, 0.15) is 22.8 Å². The van der Waals surface area contributed by atoms with Crippen LogP contribution in [0, 0.1) is 24.4 Å². The van der Waals surface area contributed by atoms with Crippen LogP contribution in [0.3, 0.4) is 0 Å². The molecule has 0 spiro atoms. The van der Waals surface area contributed by atoms with Gasteiger partial charge in [0.15, 0.2) is 17.5 Å². The fourth-order valence-electron chi connectivity index (χ4n) is 2.44. The summed E-state index contributed by atoms with van der Waals surface area (Å²) >= 11 is 0. The molecule has 3 rings (SSSR count). The van der Waals surface area contributed by atoms with Crippen LogP contribution in [0.25, 0.3) is 10.9 Å². The lowest BCUT2D eigenvalue weighted by molar-refractivity contribution is 0.0779. The third-order valence-electron chi connectivity index (χ3n) is 3.58. The number of fused-ring (bicyclic) bond motifs is 1. The molecule has 0 atom stereocenters. The van der Waals surface area contributed by atoms with Gasteiger partial charge in [0.2, 0.25) is 0 Å². The number of aryl methyl sites for hydroxylation is 1. The number of nitrogens with two attached hydrogens (primary N) is 1. The van der Waals surface area contributed by atoms with Crippen LogP contribution in [0.1, 0.15) is 5.82 Å². The predicted octanol–water partition coefficient (Wildman–Crippen LogP) is 1.77. The summed E-state index contributed by atoms with van der Waals surface area (Å²) in [6, 6.07) is 0. The van der Waals surface area contributed by atoms with Crippen LogP contribution >= 0.6 is 0 Å². The van der Waals surface area contributed by atoms with Crippen molar-refractivity contribution in [3.05, 3.63) is 23.3 Å². The molecule has 0 saturated carbocycles. The molecule has 0 radical (unpaired) electrons. The second-order valence-corrected chi connectivity index (χ2v) is 4.93. The van der Waals surface area contributed by atoms with E-state index in [1.165, 1.54) is 18.9 Å². The maximum Gasteiger partial charge on any atom is 0.186 e. The standard InChI is InChI=1S/C13H13F3N4O/c1-5-18-11-7(13(17)19-5)8(14)9(15)12(10(11)16)20-3-6(4-20)21-2/h6H,3-4H2,1-2H3,(H2,17,18,19). The molecule has 1 fully saturated rings. The van der Waals surface area contributed by atoms with E-state index in [-0.39, 0.29) is 36.4 Å². The normalized spacial score (nSPS) is 15.6. The number of nitrogen functional groups attached to an aromatic ring is 1. The van der Waals surface area contributed by atoms with Gasteiger partial charge in [-0.25, -0.2) is 23.1 Å². The van der Waals surface area contributed by atoms with Gasteiger partial charge in [-0.1, -0.05) is 0 Å². The minimum Gasteiger partial charge on any atom is -0.383 e. The molecule has 1 aliphatic rings. The first-order chi connectivity index (χ1) is 9.93. The molecule has 0 unspecified atom stereocenters. The number of anilines is 2. The van der Waals surface area contributed by atoms with Crippen LogP contribution in [0.5, 0.6) is 0 Å². The highest BCUT2D eigenvalue weighted by Crippen LogP contribution is 2.36. The number of nitrogens with zero attached hydrogens (tertiary/aromatic N) is 3. The Labute approximate surface area is 118 Å². The van der Waals surface area contributed by atoms with Crippen LogP contribution in [0.2, 0.25) is 0 Å². The van der Waals surface area contributed by atoms with E-state index in [2.05, 4.69) is 9.97 Å². The van der Waals surface area contributed by atoms with Crippen molar-refractivity contribution >= 4 is 22.4 Å². The number of methoxy groups -OCH3 is 1. The van der Waals surface area contributed by atoms with E-state index in [0.717, 1.165) is 0 Å². The first-order valence-electron chi connectivity index (χ1n) is 6.32. The molecule has 0 aliphatic carbocycles. The summed E-state index contributed by atoms with van der Waals surface area (Å²) in [5.74, 6) is -3.55. The molecule has 2 heterocycles. The first-order valence-corrected chi connectivity index (χ1v) is 6.32. The molecule has 8 heteroatoms. The Hall–Kier alpha value is -2.09. The third kappa shape index (κ3) is 1.98. The number of aromatic nitrogens is 2. The van der Waals surface area contributed by atoms with Gasteiger partial charge in [-0.3, -0.25) is 0 Å². The molecule has 5 nitrogen and oxygen atoms in total. The van der Waals surface area contributed by atoms with E-state index < -0.39 is 28.5 Å². The van der Waals surface area contributed by atoms with Gasteiger partial charge in [-0.15, -0.1) is 0 Å². The molecule has 2 N–H and O–H groups in total. The molecule has 2 aromatic rings. The molecule has 1 aliphatic heterocycles.